The Morgan fingerprint density at radius 3 is 2.04 bits per heavy atom. The molecule has 3 aromatic carbocycles. The molecule has 0 atom stereocenters. The highest BCUT2D eigenvalue weighted by molar-refractivity contribution is 6.02. The van der Waals surface area contributed by atoms with E-state index in [1.54, 1.807) is 6.07 Å². The van der Waals surface area contributed by atoms with Crippen molar-refractivity contribution >= 4 is 11.0 Å². The van der Waals surface area contributed by atoms with Gasteiger partial charge in [0.2, 0.25) is 0 Å². The molecule has 2 nitrogen and oxygen atoms in total. The average Bonchev–Trinajstić information content (AvgIpc) is 3.01. The molecule has 4 rings (SSSR count). The summed E-state index contributed by atoms with van der Waals surface area (Å²) in [7, 11) is 0. The van der Waals surface area contributed by atoms with Crippen molar-refractivity contribution in [3.63, 3.8) is 0 Å². The van der Waals surface area contributed by atoms with Crippen molar-refractivity contribution in [1.29, 1.82) is 5.26 Å². The SMILES string of the molecule is N#Cc1ccc2c(-c3ccccc3)c(-c3ccccc3)oc2c1. The van der Waals surface area contributed by atoms with Gasteiger partial charge in [0.25, 0.3) is 0 Å². The maximum absolute atomic E-state index is 9.12. The van der Waals surface area contributed by atoms with Gasteiger partial charge in [0.05, 0.1) is 11.6 Å². The molecule has 0 aliphatic carbocycles. The van der Waals surface area contributed by atoms with Crippen LogP contribution in [-0.4, -0.2) is 0 Å². The van der Waals surface area contributed by atoms with Gasteiger partial charge in [-0.1, -0.05) is 60.7 Å². The lowest BCUT2D eigenvalue weighted by atomic mass is 9.98. The molecule has 0 spiro atoms. The van der Waals surface area contributed by atoms with Crippen molar-refractivity contribution in [2.24, 2.45) is 0 Å². The average molecular weight is 295 g/mol. The zero-order chi connectivity index (χ0) is 15.6. The molecule has 0 saturated heterocycles. The summed E-state index contributed by atoms with van der Waals surface area (Å²) < 4.78 is 6.13. The third-order valence-electron chi connectivity index (χ3n) is 3.92. The van der Waals surface area contributed by atoms with Crippen LogP contribution in [0.2, 0.25) is 0 Å². The van der Waals surface area contributed by atoms with E-state index in [1.165, 1.54) is 0 Å². The standard InChI is InChI=1S/C21H13NO/c22-14-15-11-12-18-19(13-15)23-21(17-9-5-2-6-10-17)20(18)16-7-3-1-4-8-16/h1-13H. The van der Waals surface area contributed by atoms with Crippen LogP contribution in [0.3, 0.4) is 0 Å². The minimum Gasteiger partial charge on any atom is -0.455 e. The molecule has 1 heterocycles. The highest BCUT2D eigenvalue weighted by atomic mass is 16.3. The zero-order valence-corrected chi connectivity index (χ0v) is 12.4. The number of benzene rings is 3. The van der Waals surface area contributed by atoms with E-state index in [0.29, 0.717) is 5.56 Å². The van der Waals surface area contributed by atoms with E-state index >= 15 is 0 Å². The van der Waals surface area contributed by atoms with Crippen LogP contribution in [-0.2, 0) is 0 Å². The Labute approximate surface area is 134 Å². The van der Waals surface area contributed by atoms with Gasteiger partial charge < -0.3 is 4.42 Å². The lowest BCUT2D eigenvalue weighted by Gasteiger charge is -2.03. The number of nitriles is 1. The maximum Gasteiger partial charge on any atom is 0.143 e. The summed E-state index contributed by atoms with van der Waals surface area (Å²) in [6.07, 6.45) is 0. The van der Waals surface area contributed by atoms with Crippen molar-refractivity contribution in [2.75, 3.05) is 0 Å². The van der Waals surface area contributed by atoms with Crippen molar-refractivity contribution in [1.82, 2.24) is 0 Å². The lowest BCUT2D eigenvalue weighted by molar-refractivity contribution is 0.632. The zero-order valence-electron chi connectivity index (χ0n) is 12.4. The Balaban J connectivity index is 2.07. The molecule has 0 fully saturated rings. The summed E-state index contributed by atoms with van der Waals surface area (Å²) >= 11 is 0. The first kappa shape index (κ1) is 13.4. The number of nitrogens with zero attached hydrogens (tertiary/aromatic N) is 1. The van der Waals surface area contributed by atoms with Gasteiger partial charge in [0.15, 0.2) is 0 Å². The number of rotatable bonds is 2. The fourth-order valence-corrected chi connectivity index (χ4v) is 2.85. The number of fused-ring (bicyclic) bond motifs is 1. The van der Waals surface area contributed by atoms with Gasteiger partial charge in [-0.2, -0.15) is 5.26 Å². The molecule has 4 aromatic rings. The Kier molecular flexibility index (Phi) is 3.18. The second-order valence-corrected chi connectivity index (χ2v) is 5.36. The van der Waals surface area contributed by atoms with Crippen LogP contribution in [0.25, 0.3) is 33.4 Å². The minimum absolute atomic E-state index is 0.602. The van der Waals surface area contributed by atoms with Crippen LogP contribution in [0.15, 0.2) is 83.3 Å². The van der Waals surface area contributed by atoms with Crippen LogP contribution in [0, 0.1) is 11.3 Å². The van der Waals surface area contributed by atoms with E-state index in [1.807, 2.05) is 60.7 Å². The van der Waals surface area contributed by atoms with Gasteiger partial charge >= 0.3 is 0 Å². The molecular formula is C21H13NO. The molecule has 0 radical (unpaired) electrons. The van der Waals surface area contributed by atoms with Crippen LogP contribution < -0.4 is 0 Å². The molecule has 108 valence electrons. The molecule has 0 saturated carbocycles. The van der Waals surface area contributed by atoms with E-state index < -0.39 is 0 Å². The van der Waals surface area contributed by atoms with Crippen molar-refractivity contribution in [3.8, 4) is 28.5 Å². The van der Waals surface area contributed by atoms with Crippen LogP contribution >= 0.6 is 0 Å². The van der Waals surface area contributed by atoms with E-state index in [9.17, 15) is 0 Å². The summed E-state index contributed by atoms with van der Waals surface area (Å²) in [5.41, 5.74) is 4.54. The fraction of sp³-hybridized carbons (Fsp3) is 0. The van der Waals surface area contributed by atoms with Crippen molar-refractivity contribution < 1.29 is 4.42 Å². The third kappa shape index (κ3) is 2.29. The van der Waals surface area contributed by atoms with E-state index in [4.69, 9.17) is 9.68 Å². The Morgan fingerprint density at radius 1 is 0.739 bits per heavy atom. The smallest absolute Gasteiger partial charge is 0.143 e. The maximum atomic E-state index is 9.12. The summed E-state index contributed by atoms with van der Waals surface area (Å²) in [5, 5.41) is 10.1. The highest BCUT2D eigenvalue weighted by Crippen LogP contribution is 2.40. The monoisotopic (exact) mass is 295 g/mol. The predicted molar refractivity (Wildman–Crippen MR) is 91.8 cm³/mol. The molecule has 0 aliphatic rings. The third-order valence-corrected chi connectivity index (χ3v) is 3.92. The normalized spacial score (nSPS) is 10.6. The largest absolute Gasteiger partial charge is 0.455 e. The van der Waals surface area contributed by atoms with Gasteiger partial charge in [-0.25, -0.2) is 0 Å². The Morgan fingerprint density at radius 2 is 1.39 bits per heavy atom. The quantitative estimate of drug-likeness (QED) is 0.480. The molecule has 23 heavy (non-hydrogen) atoms. The first-order valence-electron chi connectivity index (χ1n) is 7.44. The summed E-state index contributed by atoms with van der Waals surface area (Å²) in [4.78, 5) is 0. The number of furan rings is 1. The lowest BCUT2D eigenvalue weighted by Crippen LogP contribution is -1.80. The van der Waals surface area contributed by atoms with E-state index in [-0.39, 0.29) is 0 Å². The predicted octanol–water partition coefficient (Wildman–Crippen LogP) is 5.64. The molecule has 0 N–H and O–H groups in total. The second kappa shape index (κ2) is 5.47. The van der Waals surface area contributed by atoms with Crippen molar-refractivity contribution in [2.45, 2.75) is 0 Å². The first-order valence-corrected chi connectivity index (χ1v) is 7.44. The molecule has 0 amide bonds. The minimum atomic E-state index is 0.602. The van der Waals surface area contributed by atoms with Gasteiger partial charge in [0, 0.05) is 16.5 Å². The topological polar surface area (TPSA) is 36.9 Å². The van der Waals surface area contributed by atoms with Crippen LogP contribution in [0.5, 0.6) is 0 Å². The Hall–Kier alpha value is -3.31. The molecule has 0 unspecified atom stereocenters. The number of hydrogen-bond donors (Lipinski definition) is 0. The van der Waals surface area contributed by atoms with Crippen LogP contribution in [0.1, 0.15) is 5.56 Å². The second-order valence-electron chi connectivity index (χ2n) is 5.36. The van der Waals surface area contributed by atoms with E-state index in [2.05, 4.69) is 18.2 Å². The molecular weight excluding hydrogens is 282 g/mol. The summed E-state index contributed by atoms with van der Waals surface area (Å²) in [5.74, 6) is 0.835. The molecule has 1 aromatic heterocycles. The highest BCUT2D eigenvalue weighted by Gasteiger charge is 2.17. The Bertz CT molecular complexity index is 1010. The fourth-order valence-electron chi connectivity index (χ4n) is 2.85. The molecule has 0 bridgehead atoms. The first-order chi connectivity index (χ1) is 11.4. The molecule has 0 aliphatic heterocycles. The molecule has 2 heteroatoms. The van der Waals surface area contributed by atoms with E-state index in [0.717, 1.165) is 33.4 Å². The van der Waals surface area contributed by atoms with Crippen molar-refractivity contribution in [3.05, 3.63) is 84.4 Å². The van der Waals surface area contributed by atoms with Gasteiger partial charge in [-0.15, -0.1) is 0 Å². The summed E-state index contributed by atoms with van der Waals surface area (Å²) in [6, 6.07) is 28.0. The van der Waals surface area contributed by atoms with Gasteiger partial charge in [0.1, 0.15) is 11.3 Å². The summed E-state index contributed by atoms with van der Waals surface area (Å²) in [6.45, 7) is 0. The van der Waals surface area contributed by atoms with Gasteiger partial charge in [-0.05, 0) is 23.8 Å². The number of hydrogen-bond acceptors (Lipinski definition) is 2. The van der Waals surface area contributed by atoms with Gasteiger partial charge in [-0.3, -0.25) is 0 Å². The van der Waals surface area contributed by atoms with Crippen LogP contribution in [0.4, 0.5) is 0 Å².